The largest absolute Gasteiger partial charge is 0.481 e. The van der Waals surface area contributed by atoms with Gasteiger partial charge in [-0.25, -0.2) is 4.99 Å². The molecule has 0 aliphatic carbocycles. The Morgan fingerprint density at radius 3 is 2.50 bits per heavy atom. The van der Waals surface area contributed by atoms with Gasteiger partial charge in [0, 0.05) is 5.71 Å². The highest BCUT2D eigenvalue weighted by molar-refractivity contribution is 8.13. The number of halogens is 3. The molecular formula is C14H13F3N2O2S. The van der Waals surface area contributed by atoms with Gasteiger partial charge >= 0.3 is 12.1 Å². The van der Waals surface area contributed by atoms with Gasteiger partial charge in [-0.2, -0.15) is 13.2 Å². The number of carboxylic acid groups (broad SMARTS) is 1. The summed E-state index contributed by atoms with van der Waals surface area (Å²) in [5.41, 5.74) is -0.776. The molecule has 22 heavy (non-hydrogen) atoms. The number of benzene rings is 1. The smallest absolute Gasteiger partial charge is 0.416 e. The first-order valence-electron chi connectivity index (χ1n) is 6.31. The van der Waals surface area contributed by atoms with Gasteiger partial charge in [0.1, 0.15) is 5.92 Å². The lowest BCUT2D eigenvalue weighted by atomic mass is 9.86. The number of thioether (sulfide) groups is 1. The third-order valence-corrected chi connectivity index (χ3v) is 3.88. The minimum Gasteiger partial charge on any atom is -0.481 e. The second-order valence-electron chi connectivity index (χ2n) is 4.71. The van der Waals surface area contributed by atoms with E-state index in [1.54, 1.807) is 6.26 Å². The van der Waals surface area contributed by atoms with E-state index in [4.69, 9.17) is 0 Å². The van der Waals surface area contributed by atoms with Crippen LogP contribution < -0.4 is 0 Å². The van der Waals surface area contributed by atoms with Crippen molar-refractivity contribution in [3.63, 3.8) is 0 Å². The Labute approximate surface area is 129 Å². The quantitative estimate of drug-likeness (QED) is 0.900. The number of carbonyl (C=O) groups is 1. The maximum atomic E-state index is 13.2. The number of nitrogens with zero attached hydrogens (tertiary/aromatic N) is 2. The van der Waals surface area contributed by atoms with Crippen LogP contribution in [0, 0.1) is 5.92 Å². The van der Waals surface area contributed by atoms with E-state index in [0.29, 0.717) is 0 Å². The van der Waals surface area contributed by atoms with E-state index in [0.717, 1.165) is 17.8 Å². The predicted molar refractivity (Wildman–Crippen MR) is 79.4 cm³/mol. The number of carboxylic acids is 1. The summed E-state index contributed by atoms with van der Waals surface area (Å²) in [4.78, 5) is 19.6. The fourth-order valence-corrected chi connectivity index (χ4v) is 2.80. The van der Waals surface area contributed by atoms with Gasteiger partial charge in [-0.3, -0.25) is 9.79 Å². The van der Waals surface area contributed by atoms with Crippen molar-refractivity contribution in [1.82, 2.24) is 0 Å². The van der Waals surface area contributed by atoms with Crippen LogP contribution in [0.25, 0.3) is 0 Å². The van der Waals surface area contributed by atoms with E-state index in [2.05, 4.69) is 9.98 Å². The maximum Gasteiger partial charge on any atom is 0.416 e. The van der Waals surface area contributed by atoms with E-state index in [9.17, 15) is 23.1 Å². The number of amidine groups is 1. The first-order valence-corrected chi connectivity index (χ1v) is 7.54. The van der Waals surface area contributed by atoms with Gasteiger partial charge < -0.3 is 5.11 Å². The highest BCUT2D eigenvalue weighted by atomic mass is 32.2. The zero-order valence-corrected chi connectivity index (χ0v) is 12.6. The second kappa shape index (κ2) is 6.12. The van der Waals surface area contributed by atoms with Gasteiger partial charge in [0.15, 0.2) is 5.17 Å². The summed E-state index contributed by atoms with van der Waals surface area (Å²) in [6.07, 6.45) is -2.89. The molecule has 1 aliphatic heterocycles. The highest BCUT2D eigenvalue weighted by Crippen LogP contribution is 2.40. The lowest BCUT2D eigenvalue weighted by molar-refractivity contribution is -0.142. The molecule has 0 saturated carbocycles. The third-order valence-electron chi connectivity index (χ3n) is 3.32. The van der Waals surface area contributed by atoms with Crippen LogP contribution in [-0.4, -0.2) is 28.2 Å². The van der Waals surface area contributed by atoms with Crippen LogP contribution >= 0.6 is 11.8 Å². The van der Waals surface area contributed by atoms with Crippen LogP contribution in [0.2, 0.25) is 0 Å². The molecule has 8 heteroatoms. The highest BCUT2D eigenvalue weighted by Gasteiger charge is 2.41. The van der Waals surface area contributed by atoms with Crippen molar-refractivity contribution in [2.45, 2.75) is 19.1 Å². The van der Waals surface area contributed by atoms with Crippen LogP contribution in [0.1, 0.15) is 24.1 Å². The van der Waals surface area contributed by atoms with Crippen molar-refractivity contribution in [3.8, 4) is 0 Å². The molecule has 0 amide bonds. The third kappa shape index (κ3) is 3.16. The predicted octanol–water partition coefficient (Wildman–Crippen LogP) is 3.64. The van der Waals surface area contributed by atoms with E-state index in [1.807, 2.05) is 0 Å². The number of hydrogen-bond acceptors (Lipinski definition) is 4. The van der Waals surface area contributed by atoms with Crippen LogP contribution in [-0.2, 0) is 11.0 Å². The van der Waals surface area contributed by atoms with Crippen LogP contribution in [0.15, 0.2) is 34.3 Å². The molecule has 4 nitrogen and oxygen atoms in total. The number of aliphatic carboxylic acids is 1. The molecule has 1 aromatic rings. The van der Waals surface area contributed by atoms with Crippen LogP contribution in [0.5, 0.6) is 0 Å². The molecule has 118 valence electrons. The molecule has 0 aromatic heterocycles. The van der Waals surface area contributed by atoms with Gasteiger partial charge in [-0.1, -0.05) is 30.0 Å². The van der Waals surface area contributed by atoms with Gasteiger partial charge in [0.25, 0.3) is 0 Å². The molecule has 2 rings (SSSR count). The number of alkyl halides is 3. The van der Waals surface area contributed by atoms with Crippen molar-refractivity contribution >= 4 is 28.6 Å². The van der Waals surface area contributed by atoms with Crippen molar-refractivity contribution in [1.29, 1.82) is 0 Å². The summed E-state index contributed by atoms with van der Waals surface area (Å²) in [5.74, 6) is -2.45. The first-order chi connectivity index (χ1) is 10.3. The Kier molecular flexibility index (Phi) is 4.60. The molecule has 0 fully saturated rings. The molecule has 1 aliphatic rings. The zero-order valence-electron chi connectivity index (χ0n) is 11.8. The fourth-order valence-electron chi connectivity index (χ4n) is 2.35. The lowest BCUT2D eigenvalue weighted by Crippen LogP contribution is -2.32. The Bertz CT molecular complexity index is 656. The minimum atomic E-state index is -4.57. The van der Waals surface area contributed by atoms with Crippen molar-refractivity contribution in [2.75, 3.05) is 6.26 Å². The van der Waals surface area contributed by atoms with Gasteiger partial charge in [-0.15, -0.1) is 0 Å². The molecule has 2 atom stereocenters. The van der Waals surface area contributed by atoms with Gasteiger partial charge in [0.05, 0.1) is 11.6 Å². The average Bonchev–Trinajstić information content (AvgIpc) is 2.45. The Balaban J connectivity index is 2.61. The van der Waals surface area contributed by atoms with Crippen LogP contribution in [0.3, 0.4) is 0 Å². The first kappa shape index (κ1) is 16.5. The lowest BCUT2D eigenvalue weighted by Gasteiger charge is -2.27. The fraction of sp³-hybridized carbons (Fsp3) is 0.357. The molecule has 0 radical (unpaired) electrons. The van der Waals surface area contributed by atoms with E-state index < -0.39 is 29.7 Å². The molecule has 0 bridgehead atoms. The van der Waals surface area contributed by atoms with Crippen molar-refractivity contribution < 1.29 is 23.1 Å². The molecule has 2 unspecified atom stereocenters. The Morgan fingerprint density at radius 1 is 1.32 bits per heavy atom. The number of rotatable bonds is 2. The molecule has 1 N–H and O–H groups in total. The molecule has 1 heterocycles. The maximum absolute atomic E-state index is 13.2. The summed E-state index contributed by atoms with van der Waals surface area (Å²) >= 11 is 1.16. The van der Waals surface area contributed by atoms with E-state index >= 15 is 0 Å². The summed E-state index contributed by atoms with van der Waals surface area (Å²) in [5, 5.41) is 9.63. The topological polar surface area (TPSA) is 62.0 Å². The Morgan fingerprint density at radius 2 is 1.95 bits per heavy atom. The van der Waals surface area contributed by atoms with E-state index in [1.165, 1.54) is 25.1 Å². The number of hydrogen-bond donors (Lipinski definition) is 1. The van der Waals surface area contributed by atoms with Crippen molar-refractivity contribution in [2.24, 2.45) is 15.9 Å². The summed E-state index contributed by atoms with van der Waals surface area (Å²) < 4.78 is 39.5. The van der Waals surface area contributed by atoms with Gasteiger partial charge in [0.2, 0.25) is 0 Å². The standard InChI is InChI=1S/C14H13F3N2O2S/c1-7-10(12(20)21)11(19-13(18-7)22-2)8-5-3-4-6-9(8)14(15,16)17/h3-6,10-11H,1-2H3,(H,20,21). The second-order valence-corrected chi connectivity index (χ2v) is 5.49. The van der Waals surface area contributed by atoms with Crippen LogP contribution in [0.4, 0.5) is 13.2 Å². The van der Waals surface area contributed by atoms with Crippen molar-refractivity contribution in [3.05, 3.63) is 35.4 Å². The summed E-state index contributed by atoms with van der Waals surface area (Å²) in [7, 11) is 0. The van der Waals surface area contributed by atoms with Gasteiger partial charge in [-0.05, 0) is 24.8 Å². The molecule has 0 spiro atoms. The normalized spacial score (nSPS) is 22.0. The average molecular weight is 330 g/mol. The zero-order chi connectivity index (χ0) is 16.5. The molecule has 1 aromatic carbocycles. The SMILES string of the molecule is CSC1=NC(c2ccccc2C(F)(F)F)C(C(=O)O)C(C)=N1. The minimum absolute atomic E-state index is 0.150. The Hall–Kier alpha value is -1.83. The molecule has 0 saturated heterocycles. The number of aliphatic imine (C=N–C) groups is 2. The molecular weight excluding hydrogens is 317 g/mol. The summed E-state index contributed by atoms with van der Waals surface area (Å²) in [6.45, 7) is 1.49. The monoisotopic (exact) mass is 330 g/mol. The summed E-state index contributed by atoms with van der Waals surface area (Å²) in [6, 6.07) is 3.77. The van der Waals surface area contributed by atoms with E-state index in [-0.39, 0.29) is 16.4 Å².